The summed E-state index contributed by atoms with van der Waals surface area (Å²) in [4.78, 5) is 47.5. The Morgan fingerprint density at radius 1 is 0.911 bits per heavy atom. The van der Waals surface area contributed by atoms with Crippen molar-refractivity contribution in [2.45, 2.75) is 110 Å². The van der Waals surface area contributed by atoms with Gasteiger partial charge < -0.3 is 44.4 Å². The van der Waals surface area contributed by atoms with Crippen LogP contribution in [0.2, 0.25) is 0 Å². The second kappa shape index (κ2) is 14.1. The quantitative estimate of drug-likeness (QED) is 0.314. The van der Waals surface area contributed by atoms with E-state index in [4.69, 9.17) is 24.3 Å². The van der Waals surface area contributed by atoms with Crippen molar-refractivity contribution in [3.63, 3.8) is 0 Å². The topological polar surface area (TPSA) is 153 Å². The number of nitrogens with zero attached hydrogens (tertiary/aromatic N) is 4. The molecule has 0 radical (unpaired) electrons. The lowest BCUT2D eigenvalue weighted by atomic mass is 10.1. The number of aliphatic carboxylic acids is 1. The molecule has 0 unspecified atom stereocenters. The number of aliphatic imine (C=N–C) groups is 1. The maximum atomic E-state index is 12.9. The summed E-state index contributed by atoms with van der Waals surface area (Å²) >= 11 is 0. The standard InChI is InChI=1S/C32H49N5O8/c1-31(2,3)44-29(41)35-13-7-9-23(18-35)33-28(34-24-10-8-14-36(19-24)30(42)45-32(4,5)6)37-16-21-11-12-25(15-22(21)17-37)43-20-26(38)27(39)40/h11-12,15,23-24,26,38H,7-10,13-14,16-20H2,1-6H3,(H,33,34)(H,39,40)/t23-,24-,26-/m1/s1. The molecule has 3 aliphatic rings. The largest absolute Gasteiger partial charge is 0.490 e. The van der Waals surface area contributed by atoms with Gasteiger partial charge in [-0.1, -0.05) is 6.07 Å². The first kappa shape index (κ1) is 34.1. The molecule has 13 heteroatoms. The Bertz CT molecular complexity index is 1260. The summed E-state index contributed by atoms with van der Waals surface area (Å²) < 4.78 is 16.8. The minimum absolute atomic E-state index is 0.0457. The molecular formula is C32H49N5O8. The molecule has 45 heavy (non-hydrogen) atoms. The highest BCUT2D eigenvalue weighted by Gasteiger charge is 2.32. The highest BCUT2D eigenvalue weighted by molar-refractivity contribution is 5.81. The molecule has 1 aromatic carbocycles. The summed E-state index contributed by atoms with van der Waals surface area (Å²) in [6.07, 6.45) is 1.03. The average molecular weight is 632 g/mol. The molecule has 3 atom stereocenters. The zero-order valence-corrected chi connectivity index (χ0v) is 27.4. The Morgan fingerprint density at radius 2 is 1.51 bits per heavy atom. The number of benzene rings is 1. The van der Waals surface area contributed by atoms with Gasteiger partial charge in [0.25, 0.3) is 0 Å². The van der Waals surface area contributed by atoms with Crippen LogP contribution in [0.25, 0.3) is 0 Å². The van der Waals surface area contributed by atoms with Crippen molar-refractivity contribution in [1.82, 2.24) is 20.0 Å². The minimum atomic E-state index is -1.61. The molecule has 0 aliphatic carbocycles. The molecule has 4 rings (SSSR count). The van der Waals surface area contributed by atoms with Crippen molar-refractivity contribution < 1.29 is 38.8 Å². The van der Waals surface area contributed by atoms with E-state index in [0.29, 0.717) is 51.0 Å². The first-order chi connectivity index (χ1) is 21.1. The van der Waals surface area contributed by atoms with E-state index in [0.717, 1.165) is 36.8 Å². The van der Waals surface area contributed by atoms with E-state index in [-0.39, 0.29) is 30.9 Å². The number of piperidine rings is 2. The summed E-state index contributed by atoms with van der Waals surface area (Å²) in [6.45, 7) is 14.1. The monoisotopic (exact) mass is 631 g/mol. The van der Waals surface area contributed by atoms with Crippen molar-refractivity contribution in [3.8, 4) is 5.75 Å². The van der Waals surface area contributed by atoms with Crippen LogP contribution < -0.4 is 10.1 Å². The minimum Gasteiger partial charge on any atom is -0.490 e. The molecular weight excluding hydrogens is 582 g/mol. The number of hydrogen-bond donors (Lipinski definition) is 3. The summed E-state index contributed by atoms with van der Waals surface area (Å²) in [5.74, 6) is -0.167. The van der Waals surface area contributed by atoms with Crippen LogP contribution in [-0.4, -0.2) is 111 Å². The number of nitrogens with one attached hydrogen (secondary N) is 1. The summed E-state index contributed by atoms with van der Waals surface area (Å²) in [7, 11) is 0. The van der Waals surface area contributed by atoms with Crippen molar-refractivity contribution >= 4 is 24.1 Å². The average Bonchev–Trinajstić information content (AvgIpc) is 3.37. The molecule has 3 aliphatic heterocycles. The third-order valence-electron chi connectivity index (χ3n) is 7.65. The second-order valence-electron chi connectivity index (χ2n) is 14.0. The van der Waals surface area contributed by atoms with Gasteiger partial charge in [0.15, 0.2) is 12.1 Å². The van der Waals surface area contributed by atoms with E-state index in [1.165, 1.54) is 0 Å². The molecule has 2 saturated heterocycles. The van der Waals surface area contributed by atoms with Crippen LogP contribution in [0.15, 0.2) is 23.2 Å². The lowest BCUT2D eigenvalue weighted by Crippen LogP contribution is -2.54. The lowest BCUT2D eigenvalue weighted by Gasteiger charge is -2.37. The van der Waals surface area contributed by atoms with E-state index >= 15 is 0 Å². The third kappa shape index (κ3) is 10.1. The normalized spacial score (nSPS) is 21.6. The van der Waals surface area contributed by atoms with E-state index in [2.05, 4.69) is 10.2 Å². The number of ether oxygens (including phenoxy) is 3. The van der Waals surface area contributed by atoms with Crippen LogP contribution in [0.5, 0.6) is 5.75 Å². The Kier molecular flexibility index (Phi) is 10.7. The maximum absolute atomic E-state index is 12.9. The maximum Gasteiger partial charge on any atom is 0.410 e. The Balaban J connectivity index is 1.51. The van der Waals surface area contributed by atoms with E-state index in [9.17, 15) is 19.5 Å². The predicted octanol–water partition coefficient (Wildman–Crippen LogP) is 3.57. The first-order valence-electron chi connectivity index (χ1n) is 15.8. The fourth-order valence-corrected chi connectivity index (χ4v) is 5.56. The molecule has 0 spiro atoms. The first-order valence-corrected chi connectivity index (χ1v) is 15.8. The number of carboxylic acids is 1. The second-order valence-corrected chi connectivity index (χ2v) is 14.0. The summed E-state index contributed by atoms with van der Waals surface area (Å²) in [5.41, 5.74) is 0.913. The molecule has 13 nitrogen and oxygen atoms in total. The van der Waals surface area contributed by atoms with Gasteiger partial charge in [-0.15, -0.1) is 0 Å². The number of rotatable bonds is 6. The van der Waals surface area contributed by atoms with Gasteiger partial charge in [-0.3, -0.25) is 0 Å². The summed E-state index contributed by atoms with van der Waals surface area (Å²) in [6, 6.07) is 5.37. The van der Waals surface area contributed by atoms with E-state index < -0.39 is 23.3 Å². The fraction of sp³-hybridized carbons (Fsp3) is 0.688. The molecule has 0 saturated carbocycles. The Labute approximate surface area is 265 Å². The van der Waals surface area contributed by atoms with Gasteiger partial charge in [0.1, 0.15) is 23.6 Å². The fourth-order valence-electron chi connectivity index (χ4n) is 5.56. The number of carbonyl (C=O) groups excluding carboxylic acids is 2. The van der Waals surface area contributed by atoms with Crippen molar-refractivity contribution in [2.24, 2.45) is 4.99 Å². The molecule has 3 N–H and O–H groups in total. The number of hydrogen-bond acceptors (Lipinski definition) is 8. The smallest absolute Gasteiger partial charge is 0.410 e. The van der Waals surface area contributed by atoms with Crippen LogP contribution in [0.3, 0.4) is 0 Å². The van der Waals surface area contributed by atoms with Crippen LogP contribution in [0.1, 0.15) is 78.4 Å². The van der Waals surface area contributed by atoms with Crippen LogP contribution >= 0.6 is 0 Å². The number of carbonyl (C=O) groups is 3. The third-order valence-corrected chi connectivity index (χ3v) is 7.65. The number of carboxylic acid groups (broad SMARTS) is 1. The number of aliphatic hydroxyl groups excluding tert-OH is 1. The van der Waals surface area contributed by atoms with E-state index in [1.807, 2.05) is 53.7 Å². The highest BCUT2D eigenvalue weighted by atomic mass is 16.6. The van der Waals surface area contributed by atoms with Gasteiger partial charge in [-0.25, -0.2) is 19.4 Å². The number of fused-ring (bicyclic) bond motifs is 1. The van der Waals surface area contributed by atoms with Gasteiger partial charge >= 0.3 is 18.2 Å². The zero-order chi connectivity index (χ0) is 32.9. The van der Waals surface area contributed by atoms with Gasteiger partial charge in [0.05, 0.1) is 6.04 Å². The van der Waals surface area contributed by atoms with Gasteiger partial charge in [0.2, 0.25) is 0 Å². The molecule has 3 heterocycles. The Morgan fingerprint density at radius 3 is 2.13 bits per heavy atom. The molecule has 0 bridgehead atoms. The van der Waals surface area contributed by atoms with Crippen LogP contribution in [0.4, 0.5) is 9.59 Å². The molecule has 2 amide bonds. The molecule has 0 aromatic heterocycles. The summed E-state index contributed by atoms with van der Waals surface area (Å²) in [5, 5.41) is 22.2. The predicted molar refractivity (Wildman–Crippen MR) is 167 cm³/mol. The lowest BCUT2D eigenvalue weighted by molar-refractivity contribution is -0.148. The van der Waals surface area contributed by atoms with Crippen LogP contribution in [0, 0.1) is 0 Å². The number of amides is 2. The van der Waals surface area contributed by atoms with Gasteiger partial charge in [-0.2, -0.15) is 0 Å². The number of likely N-dealkylation sites (tertiary alicyclic amines) is 2. The Hall–Kier alpha value is -3.74. The number of aliphatic hydroxyl groups is 1. The zero-order valence-electron chi connectivity index (χ0n) is 27.4. The van der Waals surface area contributed by atoms with Crippen molar-refractivity contribution in [3.05, 3.63) is 29.3 Å². The highest BCUT2D eigenvalue weighted by Crippen LogP contribution is 2.28. The molecule has 250 valence electrons. The SMILES string of the molecule is CC(C)(C)OC(=O)N1CCC[C@@H](N=C(N[C@@H]2CCCN(C(=O)OC(C)(C)C)C2)N2Cc3ccc(OC[C@@H](O)C(=O)O)cc3C2)C1. The van der Waals surface area contributed by atoms with Crippen molar-refractivity contribution in [1.29, 1.82) is 0 Å². The number of guanidine groups is 1. The van der Waals surface area contributed by atoms with Crippen LogP contribution in [-0.2, 0) is 27.4 Å². The van der Waals surface area contributed by atoms with Crippen molar-refractivity contribution in [2.75, 3.05) is 32.8 Å². The van der Waals surface area contributed by atoms with E-state index in [1.54, 1.807) is 15.9 Å². The van der Waals surface area contributed by atoms with Gasteiger partial charge in [0, 0.05) is 45.3 Å². The molecule has 1 aromatic rings. The van der Waals surface area contributed by atoms with Gasteiger partial charge in [-0.05, 0) is 90.5 Å². The molecule has 2 fully saturated rings.